The van der Waals surface area contributed by atoms with Gasteiger partial charge < -0.3 is 10.2 Å². The fourth-order valence-corrected chi connectivity index (χ4v) is 2.14. The van der Waals surface area contributed by atoms with Crippen LogP contribution in [0.1, 0.15) is 0 Å². The van der Waals surface area contributed by atoms with Crippen LogP contribution in [-0.2, 0) is 28.6 Å². The standard InChI is InChI=1S/C6H14O8S2/c1-15(9,10)13-5(3-7)6(4-8)14-16(2,11)12/h5-8H,3-4H2,1-2H3. The minimum Gasteiger partial charge on any atom is -0.394 e. The van der Waals surface area contributed by atoms with Crippen LogP contribution in [0.4, 0.5) is 0 Å². The fourth-order valence-electron chi connectivity index (χ4n) is 0.869. The lowest BCUT2D eigenvalue weighted by Gasteiger charge is -2.21. The summed E-state index contributed by atoms with van der Waals surface area (Å²) < 4.78 is 51.8. The zero-order valence-corrected chi connectivity index (χ0v) is 10.4. The van der Waals surface area contributed by atoms with Crippen molar-refractivity contribution in [3.63, 3.8) is 0 Å². The summed E-state index contributed by atoms with van der Waals surface area (Å²) in [5.41, 5.74) is 0. The summed E-state index contributed by atoms with van der Waals surface area (Å²) in [5.74, 6) is 0. The summed E-state index contributed by atoms with van der Waals surface area (Å²) in [7, 11) is -7.78. The molecule has 0 heterocycles. The van der Waals surface area contributed by atoms with E-state index in [0.717, 1.165) is 12.5 Å². The van der Waals surface area contributed by atoms with Crippen LogP contribution in [0, 0.1) is 0 Å². The highest BCUT2D eigenvalue weighted by molar-refractivity contribution is 7.86. The second kappa shape index (κ2) is 5.89. The van der Waals surface area contributed by atoms with E-state index in [1.165, 1.54) is 0 Å². The summed E-state index contributed by atoms with van der Waals surface area (Å²) in [6.45, 7) is -1.62. The van der Waals surface area contributed by atoms with E-state index in [2.05, 4.69) is 8.37 Å². The smallest absolute Gasteiger partial charge is 0.264 e. The Morgan fingerprint density at radius 1 is 0.875 bits per heavy atom. The third-order valence-electron chi connectivity index (χ3n) is 1.37. The lowest BCUT2D eigenvalue weighted by atomic mass is 10.2. The van der Waals surface area contributed by atoms with Gasteiger partial charge in [0.15, 0.2) is 0 Å². The van der Waals surface area contributed by atoms with Gasteiger partial charge in [0.2, 0.25) is 0 Å². The molecule has 0 fully saturated rings. The molecule has 0 saturated heterocycles. The van der Waals surface area contributed by atoms with Gasteiger partial charge in [0.05, 0.1) is 25.7 Å². The number of aliphatic hydroxyl groups is 2. The minimum atomic E-state index is -3.89. The number of hydrogen-bond acceptors (Lipinski definition) is 8. The van der Waals surface area contributed by atoms with Crippen LogP contribution in [0.25, 0.3) is 0 Å². The molecule has 0 aliphatic rings. The van der Waals surface area contributed by atoms with E-state index in [9.17, 15) is 16.8 Å². The molecule has 98 valence electrons. The van der Waals surface area contributed by atoms with Gasteiger partial charge >= 0.3 is 0 Å². The first-order valence-electron chi connectivity index (χ1n) is 4.07. The Balaban J connectivity index is 4.77. The molecule has 0 aromatic carbocycles. The van der Waals surface area contributed by atoms with Crippen molar-refractivity contribution in [2.75, 3.05) is 25.7 Å². The molecule has 0 radical (unpaired) electrons. The molecule has 2 N–H and O–H groups in total. The highest BCUT2D eigenvalue weighted by Gasteiger charge is 2.28. The quantitative estimate of drug-likeness (QED) is 0.496. The second-order valence-electron chi connectivity index (χ2n) is 3.04. The van der Waals surface area contributed by atoms with Crippen LogP contribution >= 0.6 is 0 Å². The van der Waals surface area contributed by atoms with Crippen molar-refractivity contribution in [1.82, 2.24) is 0 Å². The van der Waals surface area contributed by atoms with Crippen molar-refractivity contribution >= 4 is 20.2 Å². The molecule has 0 rings (SSSR count). The Morgan fingerprint density at radius 2 is 1.12 bits per heavy atom. The van der Waals surface area contributed by atoms with E-state index >= 15 is 0 Å². The Labute approximate surface area is 94.0 Å². The average molecular weight is 278 g/mol. The lowest BCUT2D eigenvalue weighted by Crippen LogP contribution is -2.40. The summed E-state index contributed by atoms with van der Waals surface area (Å²) in [4.78, 5) is 0. The van der Waals surface area contributed by atoms with E-state index < -0.39 is 45.7 Å². The Kier molecular flexibility index (Phi) is 5.79. The monoisotopic (exact) mass is 278 g/mol. The zero-order valence-electron chi connectivity index (χ0n) is 8.73. The van der Waals surface area contributed by atoms with E-state index in [1.54, 1.807) is 0 Å². The first kappa shape index (κ1) is 15.7. The molecular formula is C6H14O8S2. The number of rotatable bonds is 7. The molecule has 0 bridgehead atoms. The van der Waals surface area contributed by atoms with Crippen molar-refractivity contribution in [3.05, 3.63) is 0 Å². The topological polar surface area (TPSA) is 127 Å². The maximum atomic E-state index is 10.8. The predicted octanol–water partition coefficient (Wildman–Crippen LogP) is -2.34. The average Bonchev–Trinajstić information content (AvgIpc) is 2.07. The first-order valence-corrected chi connectivity index (χ1v) is 7.70. The summed E-state index contributed by atoms with van der Waals surface area (Å²) in [6, 6.07) is 0. The molecule has 0 aliphatic heterocycles. The summed E-state index contributed by atoms with van der Waals surface area (Å²) in [6.07, 6.45) is -1.50. The van der Waals surface area contributed by atoms with Crippen molar-refractivity contribution in [2.24, 2.45) is 0 Å². The first-order chi connectivity index (χ1) is 7.09. The predicted molar refractivity (Wildman–Crippen MR) is 53.6 cm³/mol. The van der Waals surface area contributed by atoms with Gasteiger partial charge in [-0.3, -0.25) is 8.37 Å². The van der Waals surface area contributed by atoms with E-state index in [1.807, 2.05) is 0 Å². The second-order valence-corrected chi connectivity index (χ2v) is 6.24. The van der Waals surface area contributed by atoms with E-state index in [-0.39, 0.29) is 0 Å². The van der Waals surface area contributed by atoms with Crippen LogP contribution < -0.4 is 0 Å². The normalized spacial score (nSPS) is 17.0. The minimum absolute atomic E-state index is 0.727. The zero-order chi connectivity index (χ0) is 13.0. The third-order valence-corrected chi connectivity index (χ3v) is 2.56. The van der Waals surface area contributed by atoms with Crippen molar-refractivity contribution in [2.45, 2.75) is 12.2 Å². The number of aliphatic hydroxyl groups excluding tert-OH is 2. The van der Waals surface area contributed by atoms with Gasteiger partial charge in [-0.05, 0) is 0 Å². The maximum absolute atomic E-state index is 10.8. The fraction of sp³-hybridized carbons (Fsp3) is 1.00. The molecule has 0 spiro atoms. The SMILES string of the molecule is CS(=O)(=O)OC(CO)C(CO)OS(C)(=O)=O. The molecule has 0 saturated carbocycles. The van der Waals surface area contributed by atoms with Gasteiger partial charge in [-0.25, -0.2) is 0 Å². The molecule has 0 amide bonds. The molecule has 0 aromatic rings. The number of hydrogen-bond donors (Lipinski definition) is 2. The van der Waals surface area contributed by atoms with Crippen LogP contribution in [0.15, 0.2) is 0 Å². The molecule has 2 atom stereocenters. The van der Waals surface area contributed by atoms with Crippen molar-refractivity contribution in [1.29, 1.82) is 0 Å². The van der Waals surface area contributed by atoms with Gasteiger partial charge in [-0.2, -0.15) is 16.8 Å². The van der Waals surface area contributed by atoms with Crippen LogP contribution in [0.3, 0.4) is 0 Å². The maximum Gasteiger partial charge on any atom is 0.264 e. The van der Waals surface area contributed by atoms with Gasteiger partial charge in [0, 0.05) is 0 Å². The Morgan fingerprint density at radius 3 is 1.25 bits per heavy atom. The highest BCUT2D eigenvalue weighted by Crippen LogP contribution is 2.09. The van der Waals surface area contributed by atoms with Crippen LogP contribution in [0.5, 0.6) is 0 Å². The highest BCUT2D eigenvalue weighted by atomic mass is 32.2. The largest absolute Gasteiger partial charge is 0.394 e. The Hall–Kier alpha value is -0.260. The van der Waals surface area contributed by atoms with Crippen LogP contribution in [-0.4, -0.2) is 65.0 Å². The molecule has 8 nitrogen and oxygen atoms in total. The van der Waals surface area contributed by atoms with E-state index in [0.29, 0.717) is 0 Å². The molecule has 0 aromatic heterocycles. The molecule has 2 unspecified atom stereocenters. The van der Waals surface area contributed by atoms with Gasteiger partial charge in [0.25, 0.3) is 20.2 Å². The molecule has 16 heavy (non-hydrogen) atoms. The molecular weight excluding hydrogens is 264 g/mol. The van der Waals surface area contributed by atoms with Crippen molar-refractivity contribution in [3.8, 4) is 0 Å². The summed E-state index contributed by atoms with van der Waals surface area (Å²) in [5, 5.41) is 17.6. The third kappa shape index (κ3) is 7.09. The van der Waals surface area contributed by atoms with Gasteiger partial charge in [-0.15, -0.1) is 0 Å². The Bertz CT molecular complexity index is 356. The lowest BCUT2D eigenvalue weighted by molar-refractivity contribution is -0.00445. The molecule has 0 aliphatic carbocycles. The van der Waals surface area contributed by atoms with Gasteiger partial charge in [0.1, 0.15) is 12.2 Å². The van der Waals surface area contributed by atoms with Gasteiger partial charge in [-0.1, -0.05) is 0 Å². The van der Waals surface area contributed by atoms with Crippen LogP contribution in [0.2, 0.25) is 0 Å². The summed E-state index contributed by atoms with van der Waals surface area (Å²) >= 11 is 0. The van der Waals surface area contributed by atoms with Crippen molar-refractivity contribution < 1.29 is 35.4 Å². The molecule has 10 heteroatoms. The van der Waals surface area contributed by atoms with E-state index in [4.69, 9.17) is 10.2 Å².